The molecule has 2 heterocycles. The molecule has 2 aromatic rings. The van der Waals surface area contributed by atoms with E-state index >= 15 is 0 Å². The largest absolute Gasteiger partial charge is 0.354 e. The molecule has 0 aromatic carbocycles. The van der Waals surface area contributed by atoms with E-state index in [1.54, 1.807) is 12.4 Å². The number of anilines is 2. The van der Waals surface area contributed by atoms with Crippen molar-refractivity contribution in [2.24, 2.45) is 0 Å². The summed E-state index contributed by atoms with van der Waals surface area (Å²) < 4.78 is 0. The Kier molecular flexibility index (Phi) is 6.54. The molecule has 22 heavy (non-hydrogen) atoms. The molecule has 118 valence electrons. The molecule has 0 spiro atoms. The fraction of sp³-hybridized carbons (Fsp3) is 0.500. The fourth-order valence-corrected chi connectivity index (χ4v) is 2.07. The van der Waals surface area contributed by atoms with Gasteiger partial charge in [0.2, 0.25) is 11.9 Å². The van der Waals surface area contributed by atoms with Crippen LogP contribution in [0, 0.1) is 13.8 Å². The number of hydrogen-bond acceptors (Lipinski definition) is 6. The molecule has 0 saturated heterocycles. The molecule has 0 radical (unpaired) electrons. The van der Waals surface area contributed by atoms with Crippen LogP contribution < -0.4 is 10.6 Å². The van der Waals surface area contributed by atoms with Gasteiger partial charge in [0, 0.05) is 36.9 Å². The first kappa shape index (κ1) is 16.1. The van der Waals surface area contributed by atoms with Gasteiger partial charge in [0.1, 0.15) is 0 Å². The lowest BCUT2D eigenvalue weighted by Gasteiger charge is -2.06. The Labute approximate surface area is 131 Å². The molecular weight excluding hydrogens is 276 g/mol. The molecule has 0 aliphatic heterocycles. The van der Waals surface area contributed by atoms with E-state index in [2.05, 4.69) is 30.6 Å². The molecule has 2 N–H and O–H groups in total. The van der Waals surface area contributed by atoms with Crippen LogP contribution in [0.4, 0.5) is 11.9 Å². The number of rotatable bonds is 9. The lowest BCUT2D eigenvalue weighted by atomic mass is 10.2. The summed E-state index contributed by atoms with van der Waals surface area (Å²) in [4.78, 5) is 17.0. The number of nitrogens with zero attached hydrogens (tertiary/aromatic N) is 4. The molecule has 2 aromatic heterocycles. The Morgan fingerprint density at radius 2 is 1.18 bits per heavy atom. The molecule has 0 aliphatic carbocycles. The highest BCUT2D eigenvalue weighted by atomic mass is 15.1. The van der Waals surface area contributed by atoms with Crippen molar-refractivity contribution in [3.63, 3.8) is 0 Å². The second-order valence-corrected chi connectivity index (χ2v) is 5.31. The van der Waals surface area contributed by atoms with Crippen LogP contribution in [0.15, 0.2) is 24.5 Å². The zero-order valence-corrected chi connectivity index (χ0v) is 13.3. The number of aromatic nitrogens is 4. The van der Waals surface area contributed by atoms with Crippen LogP contribution in [-0.2, 0) is 0 Å². The summed E-state index contributed by atoms with van der Waals surface area (Å²) in [5, 5.41) is 6.50. The summed E-state index contributed by atoms with van der Waals surface area (Å²) >= 11 is 0. The average molecular weight is 300 g/mol. The zero-order valence-electron chi connectivity index (χ0n) is 13.3. The Hall–Kier alpha value is -2.24. The Bertz CT molecular complexity index is 521. The van der Waals surface area contributed by atoms with E-state index in [4.69, 9.17) is 0 Å². The molecule has 0 fully saturated rings. The number of aryl methyl sites for hydroxylation is 2. The molecule has 2 rings (SSSR count). The van der Waals surface area contributed by atoms with Crippen LogP contribution in [-0.4, -0.2) is 33.0 Å². The van der Waals surface area contributed by atoms with Crippen molar-refractivity contribution < 1.29 is 0 Å². The van der Waals surface area contributed by atoms with Crippen LogP contribution >= 0.6 is 0 Å². The van der Waals surface area contributed by atoms with Crippen molar-refractivity contribution in [2.75, 3.05) is 23.7 Å². The zero-order chi connectivity index (χ0) is 15.6. The van der Waals surface area contributed by atoms with Gasteiger partial charge < -0.3 is 10.6 Å². The molecule has 6 heteroatoms. The van der Waals surface area contributed by atoms with E-state index in [1.807, 2.05) is 26.0 Å². The molecule has 0 bridgehead atoms. The van der Waals surface area contributed by atoms with E-state index in [0.29, 0.717) is 0 Å². The SMILES string of the molecule is Cc1ccnc(NCCCCCCNc2nccc(C)n2)n1. The third-order valence-corrected chi connectivity index (χ3v) is 3.26. The first-order valence-corrected chi connectivity index (χ1v) is 7.81. The Morgan fingerprint density at radius 1 is 0.727 bits per heavy atom. The van der Waals surface area contributed by atoms with Gasteiger partial charge >= 0.3 is 0 Å². The minimum atomic E-state index is 0.721. The van der Waals surface area contributed by atoms with Gasteiger partial charge in [0.25, 0.3) is 0 Å². The molecule has 6 nitrogen and oxygen atoms in total. The summed E-state index contributed by atoms with van der Waals surface area (Å²) in [6.45, 7) is 5.77. The molecule has 0 atom stereocenters. The predicted molar refractivity (Wildman–Crippen MR) is 89.0 cm³/mol. The van der Waals surface area contributed by atoms with Crippen LogP contribution in [0.3, 0.4) is 0 Å². The minimum absolute atomic E-state index is 0.721. The van der Waals surface area contributed by atoms with E-state index in [-0.39, 0.29) is 0 Å². The monoisotopic (exact) mass is 300 g/mol. The van der Waals surface area contributed by atoms with Crippen LogP contribution in [0.1, 0.15) is 37.1 Å². The van der Waals surface area contributed by atoms with Gasteiger partial charge in [-0.25, -0.2) is 19.9 Å². The van der Waals surface area contributed by atoms with Gasteiger partial charge in [-0.15, -0.1) is 0 Å². The quantitative estimate of drug-likeness (QED) is 0.693. The number of hydrogen-bond donors (Lipinski definition) is 2. The average Bonchev–Trinajstić information content (AvgIpc) is 2.50. The van der Waals surface area contributed by atoms with Gasteiger partial charge in [-0.3, -0.25) is 0 Å². The number of nitrogens with one attached hydrogen (secondary N) is 2. The Morgan fingerprint density at radius 3 is 1.59 bits per heavy atom. The highest BCUT2D eigenvalue weighted by molar-refractivity contribution is 5.24. The fourth-order valence-electron chi connectivity index (χ4n) is 2.07. The van der Waals surface area contributed by atoms with Gasteiger partial charge in [-0.1, -0.05) is 12.8 Å². The van der Waals surface area contributed by atoms with E-state index in [9.17, 15) is 0 Å². The summed E-state index contributed by atoms with van der Waals surface area (Å²) in [5.41, 5.74) is 1.98. The summed E-state index contributed by atoms with van der Waals surface area (Å²) in [6, 6.07) is 3.80. The topological polar surface area (TPSA) is 75.6 Å². The Balaban J connectivity index is 1.49. The molecule has 0 saturated carbocycles. The molecule has 0 amide bonds. The standard InChI is InChI=1S/C16H24N6/c1-13-7-11-19-15(21-13)17-9-5-3-4-6-10-18-16-20-12-8-14(2)22-16/h7-8,11-12H,3-6,9-10H2,1-2H3,(H,17,19,21)(H,18,20,22). The second kappa shape index (κ2) is 8.92. The van der Waals surface area contributed by atoms with Crippen molar-refractivity contribution in [1.29, 1.82) is 0 Å². The molecule has 0 aliphatic rings. The lowest BCUT2D eigenvalue weighted by molar-refractivity contribution is 0.667. The van der Waals surface area contributed by atoms with Gasteiger partial charge in [-0.05, 0) is 38.8 Å². The van der Waals surface area contributed by atoms with E-state index < -0.39 is 0 Å². The van der Waals surface area contributed by atoms with Crippen molar-refractivity contribution in [1.82, 2.24) is 19.9 Å². The highest BCUT2D eigenvalue weighted by Crippen LogP contribution is 2.04. The van der Waals surface area contributed by atoms with Crippen LogP contribution in [0.5, 0.6) is 0 Å². The van der Waals surface area contributed by atoms with Gasteiger partial charge in [0.15, 0.2) is 0 Å². The maximum Gasteiger partial charge on any atom is 0.222 e. The van der Waals surface area contributed by atoms with Crippen LogP contribution in [0.2, 0.25) is 0 Å². The maximum atomic E-state index is 4.31. The molecule has 0 unspecified atom stereocenters. The predicted octanol–water partition coefficient (Wildman–Crippen LogP) is 2.97. The minimum Gasteiger partial charge on any atom is -0.354 e. The molecular formula is C16H24N6. The first-order chi connectivity index (χ1) is 10.7. The van der Waals surface area contributed by atoms with Crippen LogP contribution in [0.25, 0.3) is 0 Å². The van der Waals surface area contributed by atoms with Crippen molar-refractivity contribution in [3.8, 4) is 0 Å². The lowest BCUT2D eigenvalue weighted by Crippen LogP contribution is -2.07. The van der Waals surface area contributed by atoms with Gasteiger partial charge in [-0.2, -0.15) is 0 Å². The van der Waals surface area contributed by atoms with Crippen molar-refractivity contribution in [3.05, 3.63) is 35.9 Å². The van der Waals surface area contributed by atoms with Crippen molar-refractivity contribution in [2.45, 2.75) is 39.5 Å². The summed E-state index contributed by atoms with van der Waals surface area (Å²) in [6.07, 6.45) is 8.19. The normalized spacial score (nSPS) is 10.5. The maximum absolute atomic E-state index is 4.31. The van der Waals surface area contributed by atoms with E-state index in [1.165, 1.54) is 12.8 Å². The van der Waals surface area contributed by atoms with E-state index in [0.717, 1.165) is 49.2 Å². The van der Waals surface area contributed by atoms with Gasteiger partial charge in [0.05, 0.1) is 0 Å². The summed E-state index contributed by atoms with van der Waals surface area (Å²) in [7, 11) is 0. The highest BCUT2D eigenvalue weighted by Gasteiger charge is 1.97. The number of unbranched alkanes of at least 4 members (excludes halogenated alkanes) is 3. The summed E-state index contributed by atoms with van der Waals surface area (Å²) in [5.74, 6) is 1.44. The second-order valence-electron chi connectivity index (χ2n) is 5.31. The first-order valence-electron chi connectivity index (χ1n) is 7.81. The smallest absolute Gasteiger partial charge is 0.222 e. The third-order valence-electron chi connectivity index (χ3n) is 3.26. The third kappa shape index (κ3) is 6.03. The van der Waals surface area contributed by atoms with Crippen molar-refractivity contribution >= 4 is 11.9 Å².